The molecule has 0 radical (unpaired) electrons. The monoisotopic (exact) mass is 404 g/mol. The normalized spacial score (nSPS) is 17.8. The summed E-state index contributed by atoms with van der Waals surface area (Å²) >= 11 is -3.59. The summed E-state index contributed by atoms with van der Waals surface area (Å²) < 4.78 is 13.2. The molecule has 0 bridgehead atoms. The third kappa shape index (κ3) is 6.01. The molecule has 0 saturated heterocycles. The molecule has 1 aliphatic heterocycles. The van der Waals surface area contributed by atoms with E-state index in [4.69, 9.17) is 6.15 Å². The molecule has 1 aliphatic rings. The molecule has 0 aliphatic carbocycles. The van der Waals surface area contributed by atoms with E-state index in [1.807, 2.05) is 0 Å². The Morgan fingerprint density at radius 3 is 2.00 bits per heavy atom. The van der Waals surface area contributed by atoms with Crippen LogP contribution in [0.3, 0.4) is 0 Å². The summed E-state index contributed by atoms with van der Waals surface area (Å²) in [5.74, 6) is -0.646. The molecule has 0 spiro atoms. The van der Waals surface area contributed by atoms with Crippen molar-refractivity contribution in [3.05, 3.63) is 11.6 Å². The van der Waals surface area contributed by atoms with Crippen LogP contribution in [0, 0.1) is 0 Å². The van der Waals surface area contributed by atoms with Gasteiger partial charge in [-0.05, 0) is 0 Å². The van der Waals surface area contributed by atoms with E-state index in [1.54, 1.807) is 0 Å². The number of carbonyl (C=O) groups is 2. The summed E-state index contributed by atoms with van der Waals surface area (Å²) in [5, 5.41) is 0. The van der Waals surface area contributed by atoms with Gasteiger partial charge < -0.3 is 0 Å². The molecule has 0 aromatic carbocycles. The van der Waals surface area contributed by atoms with Crippen molar-refractivity contribution in [1.29, 1.82) is 0 Å². The Labute approximate surface area is 133 Å². The van der Waals surface area contributed by atoms with Gasteiger partial charge in [-0.25, -0.2) is 0 Å². The van der Waals surface area contributed by atoms with Crippen molar-refractivity contribution >= 4 is 31.1 Å². The first-order valence-corrected chi connectivity index (χ1v) is 14.6. The molecule has 21 heavy (non-hydrogen) atoms. The van der Waals surface area contributed by atoms with Crippen LogP contribution in [0.15, 0.2) is 11.6 Å². The van der Waals surface area contributed by atoms with Gasteiger partial charge >= 0.3 is 133 Å². The standard InChI is InChI=1S/C8H12O4.2C4H9.Sn/c1-2-3-4-6(8(11)12)5-7(9)10;2*1-3-4-2;/h5H,2-4H2,1H3,(H,9,10)(H,11,12);2*1,3-4H2,2H3;/q;;;+2/p-2. The summed E-state index contributed by atoms with van der Waals surface area (Å²) in [6.45, 7) is 6.27. The van der Waals surface area contributed by atoms with E-state index in [2.05, 4.69) is 20.8 Å². The van der Waals surface area contributed by atoms with Crippen molar-refractivity contribution in [2.24, 2.45) is 0 Å². The van der Waals surface area contributed by atoms with Gasteiger partial charge in [0.1, 0.15) is 0 Å². The topological polar surface area (TPSA) is 52.6 Å². The average molecular weight is 403 g/mol. The Morgan fingerprint density at radius 1 is 0.905 bits per heavy atom. The van der Waals surface area contributed by atoms with Gasteiger partial charge in [0.25, 0.3) is 0 Å². The zero-order chi connectivity index (χ0) is 15.7. The maximum absolute atomic E-state index is 12.3. The molecule has 120 valence electrons. The second kappa shape index (κ2) is 9.49. The first kappa shape index (κ1) is 18.5. The zero-order valence-electron chi connectivity index (χ0n) is 13.6. The second-order valence-electron chi connectivity index (χ2n) is 5.70. The second-order valence-corrected chi connectivity index (χ2v) is 14.9. The fraction of sp³-hybridized carbons (Fsp3) is 0.750. The molecule has 5 heteroatoms. The number of hydrogen-bond acceptors (Lipinski definition) is 4. The van der Waals surface area contributed by atoms with Crippen molar-refractivity contribution in [3.63, 3.8) is 0 Å². The quantitative estimate of drug-likeness (QED) is 0.541. The van der Waals surface area contributed by atoms with E-state index in [1.165, 1.54) is 6.08 Å². The number of rotatable bonds is 9. The van der Waals surface area contributed by atoms with Gasteiger partial charge in [-0.2, -0.15) is 0 Å². The molecule has 0 aromatic rings. The molecule has 1 rings (SSSR count). The van der Waals surface area contributed by atoms with E-state index in [0.29, 0.717) is 12.0 Å². The Hall–Kier alpha value is -0.521. The van der Waals surface area contributed by atoms with E-state index >= 15 is 0 Å². The minimum atomic E-state index is -3.59. The Bertz CT molecular complexity index is 382. The van der Waals surface area contributed by atoms with Crippen LogP contribution in [0.2, 0.25) is 8.87 Å². The van der Waals surface area contributed by atoms with Gasteiger partial charge in [0.2, 0.25) is 0 Å². The zero-order valence-corrected chi connectivity index (χ0v) is 16.4. The van der Waals surface area contributed by atoms with Gasteiger partial charge in [0, 0.05) is 0 Å². The Kier molecular flexibility index (Phi) is 8.37. The summed E-state index contributed by atoms with van der Waals surface area (Å²) in [6, 6.07) is 0. The third-order valence-corrected chi connectivity index (χ3v) is 13.3. The molecule has 0 amide bonds. The summed E-state index contributed by atoms with van der Waals surface area (Å²) in [7, 11) is 0. The van der Waals surface area contributed by atoms with Crippen molar-refractivity contribution < 1.29 is 15.7 Å². The van der Waals surface area contributed by atoms with Gasteiger partial charge in [0.05, 0.1) is 0 Å². The average Bonchev–Trinajstić information content (AvgIpc) is 2.58. The summed E-state index contributed by atoms with van der Waals surface area (Å²) in [4.78, 5) is 24.4. The van der Waals surface area contributed by atoms with Crippen LogP contribution >= 0.6 is 0 Å². The van der Waals surface area contributed by atoms with Gasteiger partial charge in [-0.3, -0.25) is 0 Å². The van der Waals surface area contributed by atoms with Crippen molar-refractivity contribution in [3.8, 4) is 0 Å². The van der Waals surface area contributed by atoms with E-state index in [-0.39, 0.29) is 11.9 Å². The molecule has 0 fully saturated rings. The maximum atomic E-state index is 12.3. The van der Waals surface area contributed by atoms with E-state index in [0.717, 1.165) is 47.4 Å². The van der Waals surface area contributed by atoms with Crippen LogP contribution in [0.25, 0.3) is 0 Å². The predicted molar refractivity (Wildman–Crippen MR) is 85.0 cm³/mol. The van der Waals surface area contributed by atoms with Gasteiger partial charge in [-0.15, -0.1) is 0 Å². The van der Waals surface area contributed by atoms with Crippen LogP contribution in [-0.2, 0) is 15.7 Å². The molecule has 0 N–H and O–H groups in total. The minimum absolute atomic E-state index is 0.294. The predicted octanol–water partition coefficient (Wildman–Crippen LogP) is 4.25. The fourth-order valence-electron chi connectivity index (χ4n) is 2.43. The summed E-state index contributed by atoms with van der Waals surface area (Å²) in [6.07, 6.45) is 7.82. The molecule has 1 heterocycles. The Balaban J connectivity index is 2.87. The van der Waals surface area contributed by atoms with E-state index in [9.17, 15) is 9.59 Å². The molecule has 0 aromatic heterocycles. The first-order chi connectivity index (χ1) is 10.1. The number of hydrogen-bond donors (Lipinski definition) is 0. The molecular formula is C16H28O4Sn. The van der Waals surface area contributed by atoms with Crippen LogP contribution in [0.4, 0.5) is 0 Å². The summed E-state index contributed by atoms with van der Waals surface area (Å²) in [5.41, 5.74) is 0.494. The molecule has 0 unspecified atom stereocenters. The van der Waals surface area contributed by atoms with E-state index < -0.39 is 19.2 Å². The number of carbonyl (C=O) groups excluding carboxylic acids is 2. The fourth-order valence-corrected chi connectivity index (χ4v) is 12.1. The van der Waals surface area contributed by atoms with Crippen LogP contribution in [-0.4, -0.2) is 31.1 Å². The van der Waals surface area contributed by atoms with Crippen molar-refractivity contribution in [1.82, 2.24) is 0 Å². The van der Waals surface area contributed by atoms with Crippen LogP contribution in [0.1, 0.15) is 65.7 Å². The molecule has 4 nitrogen and oxygen atoms in total. The number of unbranched alkanes of at least 4 members (excludes halogenated alkanes) is 3. The van der Waals surface area contributed by atoms with Crippen LogP contribution in [0.5, 0.6) is 0 Å². The van der Waals surface area contributed by atoms with Crippen molar-refractivity contribution in [2.45, 2.75) is 74.6 Å². The van der Waals surface area contributed by atoms with Gasteiger partial charge in [-0.1, -0.05) is 0 Å². The SMILES string of the molecule is CCCCC1=CC(=O)[O][Sn]([CH2]CCC)([CH2]CCC)[O]C1=O. The molecule has 0 saturated carbocycles. The Morgan fingerprint density at radius 2 is 1.48 bits per heavy atom. The van der Waals surface area contributed by atoms with Crippen molar-refractivity contribution in [2.75, 3.05) is 0 Å². The first-order valence-electron chi connectivity index (χ1n) is 8.23. The molecular weight excluding hydrogens is 375 g/mol. The van der Waals surface area contributed by atoms with Crippen LogP contribution < -0.4 is 0 Å². The molecule has 0 atom stereocenters. The third-order valence-electron chi connectivity index (χ3n) is 3.74. The van der Waals surface area contributed by atoms with Gasteiger partial charge in [0.15, 0.2) is 0 Å².